The minimum absolute atomic E-state index is 0.152. The van der Waals surface area contributed by atoms with Crippen molar-refractivity contribution in [2.75, 3.05) is 18.9 Å². The first-order valence-electron chi connectivity index (χ1n) is 16.9. The van der Waals surface area contributed by atoms with E-state index < -0.39 is 59.1 Å². The van der Waals surface area contributed by atoms with Gasteiger partial charge in [-0.2, -0.15) is 0 Å². The van der Waals surface area contributed by atoms with E-state index in [4.69, 9.17) is 15.2 Å². The second-order valence-electron chi connectivity index (χ2n) is 14.3. The SMILES string of the molecule is CC(C)[C@H](NC(=O)OC(C)(C)C)C(=O)C[C@@H](CCCNC(N)=O)C(=O)Nc1ccc(COC(=O)N(C)[C@H](C(=O)O)C(C)(C)c2ccccc2)cc1. The van der Waals surface area contributed by atoms with Crippen LogP contribution in [-0.4, -0.2) is 77.2 Å². The van der Waals surface area contributed by atoms with E-state index in [-0.39, 0.29) is 37.7 Å². The number of alkyl carbamates (subject to hydrolysis) is 1. The lowest BCUT2D eigenvalue weighted by molar-refractivity contribution is -0.144. The van der Waals surface area contributed by atoms with Crippen LogP contribution in [0.15, 0.2) is 54.6 Å². The summed E-state index contributed by atoms with van der Waals surface area (Å²) in [7, 11) is 1.38. The van der Waals surface area contributed by atoms with Gasteiger partial charge in [0, 0.05) is 37.0 Å². The number of hydrogen-bond acceptors (Lipinski definition) is 8. The number of carboxylic acid groups (broad SMARTS) is 1. The van der Waals surface area contributed by atoms with E-state index in [9.17, 15) is 33.9 Å². The number of ketones is 1. The summed E-state index contributed by atoms with van der Waals surface area (Å²) in [5.41, 5.74) is 5.22. The number of carboxylic acids is 1. The maximum atomic E-state index is 13.4. The van der Waals surface area contributed by atoms with Gasteiger partial charge in [0.05, 0.1) is 6.04 Å². The molecule has 0 aliphatic rings. The Morgan fingerprint density at radius 3 is 2.06 bits per heavy atom. The Balaban J connectivity index is 2.10. The van der Waals surface area contributed by atoms with Gasteiger partial charge in [-0.15, -0.1) is 0 Å². The molecule has 0 bridgehead atoms. The highest BCUT2D eigenvalue weighted by Gasteiger charge is 2.42. The number of carbonyl (C=O) groups is 6. The van der Waals surface area contributed by atoms with Crippen LogP contribution in [0.4, 0.5) is 20.1 Å². The molecule has 14 heteroatoms. The van der Waals surface area contributed by atoms with Gasteiger partial charge < -0.3 is 36.3 Å². The average molecular weight is 712 g/mol. The van der Waals surface area contributed by atoms with Crippen molar-refractivity contribution in [3.8, 4) is 0 Å². The number of nitrogens with one attached hydrogen (secondary N) is 3. The number of likely N-dealkylation sites (N-methyl/N-ethyl adjacent to an activating group) is 1. The molecule has 0 saturated heterocycles. The smallest absolute Gasteiger partial charge is 0.410 e. The van der Waals surface area contributed by atoms with Crippen LogP contribution in [0.2, 0.25) is 0 Å². The first kappa shape index (κ1) is 42.0. The van der Waals surface area contributed by atoms with Gasteiger partial charge in [0.2, 0.25) is 5.91 Å². The average Bonchev–Trinajstić information content (AvgIpc) is 3.03. The van der Waals surface area contributed by atoms with Gasteiger partial charge >= 0.3 is 24.2 Å². The summed E-state index contributed by atoms with van der Waals surface area (Å²) in [6, 6.07) is 12.7. The Hall–Kier alpha value is -5.14. The number of carbonyl (C=O) groups excluding carboxylic acids is 5. The third-order valence-electron chi connectivity index (χ3n) is 8.23. The van der Waals surface area contributed by atoms with Gasteiger partial charge in [-0.1, -0.05) is 70.2 Å². The fraction of sp³-hybridized carbons (Fsp3) is 0.514. The van der Waals surface area contributed by atoms with Crippen molar-refractivity contribution in [3.63, 3.8) is 0 Å². The molecule has 0 unspecified atom stereocenters. The normalized spacial score (nSPS) is 13.3. The van der Waals surface area contributed by atoms with Crippen LogP contribution in [0.5, 0.6) is 0 Å². The van der Waals surface area contributed by atoms with Crippen molar-refractivity contribution in [1.82, 2.24) is 15.5 Å². The summed E-state index contributed by atoms with van der Waals surface area (Å²) in [5, 5.41) is 17.9. The maximum absolute atomic E-state index is 13.4. The zero-order valence-corrected chi connectivity index (χ0v) is 30.8. The summed E-state index contributed by atoms with van der Waals surface area (Å²) in [6.07, 6.45) is -1.13. The molecule has 0 aliphatic carbocycles. The Kier molecular flexibility index (Phi) is 15.4. The summed E-state index contributed by atoms with van der Waals surface area (Å²) >= 11 is 0. The molecule has 0 aliphatic heterocycles. The number of primary amides is 1. The van der Waals surface area contributed by atoms with E-state index in [0.717, 1.165) is 10.5 Å². The molecule has 2 aromatic carbocycles. The lowest BCUT2D eigenvalue weighted by Gasteiger charge is -2.37. The molecule has 2 aromatic rings. The lowest BCUT2D eigenvalue weighted by Crippen LogP contribution is -2.53. The van der Waals surface area contributed by atoms with E-state index in [1.165, 1.54) is 7.05 Å². The fourth-order valence-electron chi connectivity index (χ4n) is 5.57. The molecule has 280 valence electrons. The van der Waals surface area contributed by atoms with Crippen molar-refractivity contribution >= 4 is 41.6 Å². The summed E-state index contributed by atoms with van der Waals surface area (Å²) in [6.45, 7) is 12.2. The first-order chi connectivity index (χ1) is 23.7. The van der Waals surface area contributed by atoms with Crippen LogP contribution in [0, 0.1) is 11.8 Å². The molecular formula is C37H53N5O9. The van der Waals surface area contributed by atoms with Crippen LogP contribution < -0.4 is 21.7 Å². The third-order valence-corrected chi connectivity index (χ3v) is 8.23. The highest BCUT2D eigenvalue weighted by molar-refractivity contribution is 5.97. The number of aliphatic carboxylic acids is 1. The molecule has 2 rings (SSSR count). The number of amides is 5. The fourth-order valence-corrected chi connectivity index (χ4v) is 5.57. The van der Waals surface area contributed by atoms with E-state index >= 15 is 0 Å². The Morgan fingerprint density at radius 1 is 0.922 bits per heavy atom. The molecule has 0 heterocycles. The number of Topliss-reactive ketones (excluding diaryl/α,β-unsaturated/α-hetero) is 1. The van der Waals surface area contributed by atoms with E-state index in [0.29, 0.717) is 17.7 Å². The molecule has 0 saturated carbocycles. The lowest BCUT2D eigenvalue weighted by atomic mass is 9.77. The predicted molar refractivity (Wildman–Crippen MR) is 192 cm³/mol. The minimum atomic E-state index is -1.21. The zero-order chi connectivity index (χ0) is 38.5. The topological polar surface area (TPSA) is 206 Å². The standard InChI is InChI=1S/C37H53N5O9/c1-23(2)29(41-34(48)51-36(3,4)5)28(43)21-25(13-12-20-39-33(38)47)31(44)40-27-18-16-24(17-19-27)22-50-35(49)42(8)30(32(45)46)37(6,7)26-14-10-9-11-15-26/h9-11,14-19,23,25,29-30H,12-13,20-22H2,1-8H3,(H,40,44)(H,41,48)(H,45,46)(H3,38,39,47)/t25-,29+,30-/m1/s1. The van der Waals surface area contributed by atoms with Gasteiger partial charge in [0.25, 0.3) is 0 Å². The highest BCUT2D eigenvalue weighted by Crippen LogP contribution is 2.31. The van der Waals surface area contributed by atoms with Crippen molar-refractivity contribution in [3.05, 3.63) is 65.7 Å². The molecule has 0 aromatic heterocycles. The Labute approximate surface area is 299 Å². The second-order valence-corrected chi connectivity index (χ2v) is 14.3. The summed E-state index contributed by atoms with van der Waals surface area (Å²) in [5.74, 6) is -3.04. The van der Waals surface area contributed by atoms with Gasteiger partial charge in [0.1, 0.15) is 18.2 Å². The van der Waals surface area contributed by atoms with Crippen molar-refractivity contribution < 1.29 is 43.3 Å². The van der Waals surface area contributed by atoms with E-state index in [1.807, 2.05) is 18.2 Å². The number of benzene rings is 2. The monoisotopic (exact) mass is 711 g/mol. The van der Waals surface area contributed by atoms with Crippen LogP contribution in [0.1, 0.15) is 78.9 Å². The largest absolute Gasteiger partial charge is 0.480 e. The predicted octanol–water partition coefficient (Wildman–Crippen LogP) is 5.20. The number of anilines is 1. The van der Waals surface area contributed by atoms with Crippen LogP contribution in [0.25, 0.3) is 0 Å². The minimum Gasteiger partial charge on any atom is -0.480 e. The second kappa shape index (κ2) is 18.7. The molecule has 0 radical (unpaired) electrons. The number of urea groups is 1. The molecular weight excluding hydrogens is 658 g/mol. The van der Waals surface area contributed by atoms with Crippen LogP contribution in [0.3, 0.4) is 0 Å². The van der Waals surface area contributed by atoms with Crippen molar-refractivity contribution in [1.29, 1.82) is 0 Å². The summed E-state index contributed by atoms with van der Waals surface area (Å²) < 4.78 is 10.8. The van der Waals surface area contributed by atoms with Crippen molar-refractivity contribution in [2.24, 2.45) is 17.6 Å². The molecule has 51 heavy (non-hydrogen) atoms. The van der Waals surface area contributed by atoms with E-state index in [1.54, 1.807) is 84.9 Å². The summed E-state index contributed by atoms with van der Waals surface area (Å²) in [4.78, 5) is 76.7. The number of rotatable bonds is 17. The molecule has 5 amide bonds. The van der Waals surface area contributed by atoms with Gasteiger partial charge in [-0.05, 0) is 62.8 Å². The Bertz CT molecular complexity index is 1500. The molecule has 6 N–H and O–H groups in total. The first-order valence-corrected chi connectivity index (χ1v) is 16.9. The Morgan fingerprint density at radius 2 is 1.53 bits per heavy atom. The third kappa shape index (κ3) is 13.6. The highest BCUT2D eigenvalue weighted by atomic mass is 16.6. The van der Waals surface area contributed by atoms with Crippen LogP contribution in [-0.2, 0) is 35.9 Å². The molecule has 0 spiro atoms. The maximum Gasteiger partial charge on any atom is 0.410 e. The van der Waals surface area contributed by atoms with Gasteiger partial charge in [0.15, 0.2) is 5.78 Å². The number of nitrogens with zero attached hydrogens (tertiary/aromatic N) is 1. The zero-order valence-electron chi connectivity index (χ0n) is 30.8. The molecule has 14 nitrogen and oxygen atoms in total. The number of nitrogens with two attached hydrogens (primary N) is 1. The van der Waals surface area contributed by atoms with E-state index in [2.05, 4.69) is 16.0 Å². The number of hydrogen-bond donors (Lipinski definition) is 5. The van der Waals surface area contributed by atoms with Gasteiger partial charge in [-0.3, -0.25) is 14.5 Å². The quantitative estimate of drug-likeness (QED) is 0.137. The van der Waals surface area contributed by atoms with Crippen LogP contribution >= 0.6 is 0 Å². The van der Waals surface area contributed by atoms with Gasteiger partial charge in [-0.25, -0.2) is 19.2 Å². The molecule has 3 atom stereocenters. The number of ether oxygens (including phenoxy) is 2. The molecule has 0 fully saturated rings. The van der Waals surface area contributed by atoms with Crippen molar-refractivity contribution in [2.45, 2.75) is 97.4 Å².